The largest absolute Gasteiger partial charge is 0.491 e. The molecule has 34 heavy (non-hydrogen) atoms. The number of aromatic amines is 1. The van der Waals surface area contributed by atoms with Crippen LogP contribution in [0.25, 0.3) is 11.0 Å². The fourth-order valence-corrected chi connectivity index (χ4v) is 5.24. The van der Waals surface area contributed by atoms with Gasteiger partial charge in [-0.05, 0) is 69.9 Å². The van der Waals surface area contributed by atoms with Gasteiger partial charge >= 0.3 is 6.03 Å². The fraction of sp³-hybridized carbons (Fsp3) is 0.208. The number of nitrogens with one attached hydrogen (secondary N) is 2. The van der Waals surface area contributed by atoms with Crippen LogP contribution < -0.4 is 10.1 Å². The SMILES string of the molecule is O=C1NC(c2ccc(OCCO)cc2)C(=O)N1[C@@H](Cc1cccs1)c1nc2cc(I)ccc2[nH]1. The summed E-state index contributed by atoms with van der Waals surface area (Å²) in [5.74, 6) is 0.826. The number of aliphatic hydroxyl groups excluding tert-OH is 1. The summed E-state index contributed by atoms with van der Waals surface area (Å²) in [5.41, 5.74) is 2.31. The van der Waals surface area contributed by atoms with E-state index in [0.717, 1.165) is 19.5 Å². The zero-order valence-electron chi connectivity index (χ0n) is 17.9. The number of H-pyrrole nitrogens is 1. The van der Waals surface area contributed by atoms with E-state index in [4.69, 9.17) is 14.8 Å². The Hall–Kier alpha value is -2.96. The number of hydrogen-bond donors (Lipinski definition) is 3. The summed E-state index contributed by atoms with van der Waals surface area (Å²) in [5, 5.41) is 13.7. The molecule has 0 spiro atoms. The lowest BCUT2D eigenvalue weighted by molar-refractivity contribution is -0.129. The molecule has 3 amide bonds. The minimum atomic E-state index is -0.796. The van der Waals surface area contributed by atoms with Crippen LogP contribution in [-0.2, 0) is 11.2 Å². The minimum Gasteiger partial charge on any atom is -0.491 e. The second-order valence-corrected chi connectivity index (χ2v) is 10.1. The van der Waals surface area contributed by atoms with E-state index in [-0.39, 0.29) is 19.1 Å². The van der Waals surface area contributed by atoms with Gasteiger partial charge in [0.25, 0.3) is 5.91 Å². The van der Waals surface area contributed by atoms with Gasteiger partial charge in [0.2, 0.25) is 0 Å². The van der Waals surface area contributed by atoms with E-state index >= 15 is 0 Å². The van der Waals surface area contributed by atoms with Crippen LogP contribution in [-0.4, -0.2) is 45.1 Å². The third-order valence-electron chi connectivity index (χ3n) is 5.61. The molecule has 8 nitrogen and oxygen atoms in total. The zero-order valence-corrected chi connectivity index (χ0v) is 20.9. The number of halogens is 1. The molecule has 2 atom stereocenters. The minimum absolute atomic E-state index is 0.0829. The van der Waals surface area contributed by atoms with Gasteiger partial charge in [-0.25, -0.2) is 9.78 Å². The van der Waals surface area contributed by atoms with Crippen molar-refractivity contribution in [2.45, 2.75) is 18.5 Å². The molecular formula is C24H21IN4O4S. The Balaban J connectivity index is 1.46. The number of carbonyl (C=O) groups excluding carboxylic acids is 2. The molecule has 3 N–H and O–H groups in total. The molecule has 0 bridgehead atoms. The molecule has 1 aliphatic heterocycles. The number of aromatic nitrogens is 2. The molecule has 5 rings (SSSR count). The maximum absolute atomic E-state index is 13.5. The Bertz CT molecular complexity index is 1320. The summed E-state index contributed by atoms with van der Waals surface area (Å²) < 4.78 is 6.44. The van der Waals surface area contributed by atoms with Crippen LogP contribution in [0.15, 0.2) is 60.0 Å². The molecule has 0 saturated carbocycles. The van der Waals surface area contributed by atoms with Crippen molar-refractivity contribution in [1.29, 1.82) is 0 Å². The van der Waals surface area contributed by atoms with Gasteiger partial charge < -0.3 is 20.1 Å². The number of imide groups is 1. The quantitative estimate of drug-likeness (QED) is 0.212. The van der Waals surface area contributed by atoms with Crippen LogP contribution in [0.4, 0.5) is 4.79 Å². The van der Waals surface area contributed by atoms with Crippen LogP contribution in [0, 0.1) is 3.57 Å². The summed E-state index contributed by atoms with van der Waals surface area (Å²) in [6, 6.07) is 14.9. The van der Waals surface area contributed by atoms with Crippen molar-refractivity contribution in [3.63, 3.8) is 0 Å². The lowest BCUT2D eigenvalue weighted by Crippen LogP contribution is -2.36. The molecule has 1 saturated heterocycles. The van der Waals surface area contributed by atoms with E-state index in [1.807, 2.05) is 35.7 Å². The first-order chi connectivity index (χ1) is 16.5. The Morgan fingerprint density at radius 3 is 2.74 bits per heavy atom. The molecule has 4 aromatic rings. The van der Waals surface area contributed by atoms with Gasteiger partial charge in [-0.15, -0.1) is 11.3 Å². The molecule has 1 aliphatic rings. The first kappa shape index (κ1) is 22.8. The second kappa shape index (κ2) is 9.72. The maximum Gasteiger partial charge on any atom is 0.325 e. The second-order valence-electron chi connectivity index (χ2n) is 7.81. The van der Waals surface area contributed by atoms with Crippen LogP contribution in [0.5, 0.6) is 5.75 Å². The molecule has 174 valence electrons. The summed E-state index contributed by atoms with van der Waals surface area (Å²) in [6.07, 6.45) is 0.467. The van der Waals surface area contributed by atoms with Gasteiger partial charge in [0.1, 0.15) is 30.3 Å². The number of thiophene rings is 1. The molecule has 3 heterocycles. The first-order valence-electron chi connectivity index (χ1n) is 10.7. The van der Waals surface area contributed by atoms with Gasteiger partial charge in [-0.3, -0.25) is 9.69 Å². The summed E-state index contributed by atoms with van der Waals surface area (Å²) in [6.45, 7) is 0.105. The standard InChI is InChI=1S/C24H21IN4O4S/c25-15-5-8-18-19(12-15)27-22(26-18)20(13-17-2-1-11-34-17)29-23(31)21(28-24(29)32)14-3-6-16(7-4-14)33-10-9-30/h1-8,11-12,20-21,30H,9-10,13H2,(H,26,27)(H,28,32)/t20-,21?/m0/s1. The molecule has 1 fully saturated rings. The summed E-state index contributed by atoms with van der Waals surface area (Å²) in [7, 11) is 0. The smallest absolute Gasteiger partial charge is 0.325 e. The number of rotatable bonds is 8. The van der Waals surface area contributed by atoms with Crippen molar-refractivity contribution in [2.75, 3.05) is 13.2 Å². The highest BCUT2D eigenvalue weighted by molar-refractivity contribution is 14.1. The van der Waals surface area contributed by atoms with E-state index < -0.39 is 18.1 Å². The average Bonchev–Trinajstić information content (AvgIpc) is 3.56. The van der Waals surface area contributed by atoms with E-state index in [2.05, 4.69) is 32.9 Å². The number of imidazole rings is 1. The van der Waals surface area contributed by atoms with Crippen molar-refractivity contribution in [3.05, 3.63) is 79.8 Å². The van der Waals surface area contributed by atoms with Crippen molar-refractivity contribution in [2.24, 2.45) is 0 Å². The highest BCUT2D eigenvalue weighted by Gasteiger charge is 2.44. The Morgan fingerprint density at radius 1 is 1.18 bits per heavy atom. The van der Waals surface area contributed by atoms with E-state index in [1.54, 1.807) is 35.6 Å². The third-order valence-corrected chi connectivity index (χ3v) is 7.18. The predicted molar refractivity (Wildman–Crippen MR) is 137 cm³/mol. The highest BCUT2D eigenvalue weighted by atomic mass is 127. The molecule has 0 aliphatic carbocycles. The monoisotopic (exact) mass is 588 g/mol. The van der Waals surface area contributed by atoms with Crippen LogP contribution >= 0.6 is 33.9 Å². The molecule has 2 aromatic heterocycles. The normalized spacial score (nSPS) is 16.8. The van der Waals surface area contributed by atoms with Crippen LogP contribution in [0.2, 0.25) is 0 Å². The third kappa shape index (κ3) is 4.52. The lowest BCUT2D eigenvalue weighted by Gasteiger charge is -2.23. The van der Waals surface area contributed by atoms with Crippen molar-refractivity contribution >= 4 is 56.9 Å². The first-order valence-corrected chi connectivity index (χ1v) is 12.6. The molecule has 2 aromatic carbocycles. The van der Waals surface area contributed by atoms with Gasteiger partial charge in [0, 0.05) is 14.9 Å². The Kier molecular flexibility index (Phi) is 6.53. The van der Waals surface area contributed by atoms with Gasteiger partial charge in [0.15, 0.2) is 0 Å². The van der Waals surface area contributed by atoms with Crippen LogP contribution in [0.1, 0.15) is 28.3 Å². The zero-order chi connectivity index (χ0) is 23.7. The molecule has 10 heteroatoms. The van der Waals surface area contributed by atoms with Crippen molar-refractivity contribution in [1.82, 2.24) is 20.2 Å². The number of aliphatic hydroxyl groups is 1. The lowest BCUT2D eigenvalue weighted by atomic mass is 10.1. The highest BCUT2D eigenvalue weighted by Crippen LogP contribution is 2.33. The van der Waals surface area contributed by atoms with Crippen molar-refractivity contribution in [3.8, 4) is 5.75 Å². The van der Waals surface area contributed by atoms with Gasteiger partial charge in [0.05, 0.1) is 17.6 Å². The number of urea groups is 1. The van der Waals surface area contributed by atoms with E-state index in [9.17, 15) is 9.59 Å². The van der Waals surface area contributed by atoms with Crippen LogP contribution in [0.3, 0.4) is 0 Å². The topological polar surface area (TPSA) is 108 Å². The van der Waals surface area contributed by atoms with E-state index in [0.29, 0.717) is 23.6 Å². The van der Waals surface area contributed by atoms with Crippen molar-refractivity contribution < 1.29 is 19.4 Å². The Morgan fingerprint density at radius 2 is 2.00 bits per heavy atom. The Labute approximate surface area is 213 Å². The van der Waals surface area contributed by atoms with E-state index in [1.165, 1.54) is 4.90 Å². The molecule has 1 unspecified atom stereocenters. The number of nitrogens with zero attached hydrogens (tertiary/aromatic N) is 2. The summed E-state index contributed by atoms with van der Waals surface area (Å²) in [4.78, 5) is 37.0. The summed E-state index contributed by atoms with van der Waals surface area (Å²) >= 11 is 3.81. The predicted octanol–water partition coefficient (Wildman–Crippen LogP) is 4.18. The molecule has 0 radical (unpaired) electrons. The number of amides is 3. The number of fused-ring (bicyclic) bond motifs is 1. The number of ether oxygens (including phenoxy) is 1. The fourth-order valence-electron chi connectivity index (χ4n) is 4.02. The number of hydrogen-bond acceptors (Lipinski definition) is 6. The average molecular weight is 588 g/mol. The van der Waals surface area contributed by atoms with Gasteiger partial charge in [-0.2, -0.15) is 0 Å². The van der Waals surface area contributed by atoms with Gasteiger partial charge in [-0.1, -0.05) is 18.2 Å². The number of benzene rings is 2. The maximum atomic E-state index is 13.5. The molecular weight excluding hydrogens is 567 g/mol. The number of carbonyl (C=O) groups is 2.